The van der Waals surface area contributed by atoms with Crippen molar-refractivity contribution in [3.8, 4) is 0 Å². The third-order valence-corrected chi connectivity index (χ3v) is 1.27. The van der Waals surface area contributed by atoms with E-state index in [4.69, 9.17) is 5.11 Å². The first-order valence-electron chi connectivity index (χ1n) is 3.57. The third-order valence-electron chi connectivity index (χ3n) is 1.27. The Bertz CT molecular complexity index is 239. The van der Waals surface area contributed by atoms with Gasteiger partial charge in [0.2, 0.25) is 5.95 Å². The Morgan fingerprint density at radius 2 is 2.17 bits per heavy atom. The summed E-state index contributed by atoms with van der Waals surface area (Å²) in [5, 5.41) is 11.4. The molecule has 0 aliphatic carbocycles. The van der Waals surface area contributed by atoms with Gasteiger partial charge in [-0.15, -0.1) is 0 Å². The van der Waals surface area contributed by atoms with E-state index in [0.717, 1.165) is 12.4 Å². The summed E-state index contributed by atoms with van der Waals surface area (Å²) in [5.41, 5.74) is 0. The van der Waals surface area contributed by atoms with Crippen molar-refractivity contribution in [1.29, 1.82) is 0 Å². The fraction of sp³-hybridized carbons (Fsp3) is 0.429. The van der Waals surface area contributed by atoms with Crippen LogP contribution in [0.4, 0.5) is 10.3 Å². The first-order valence-corrected chi connectivity index (χ1v) is 3.57. The molecule has 0 bridgehead atoms. The van der Waals surface area contributed by atoms with E-state index >= 15 is 0 Å². The van der Waals surface area contributed by atoms with Gasteiger partial charge in [-0.05, 0) is 6.92 Å². The first kappa shape index (κ1) is 8.86. The molecular weight excluding hydrogens is 161 g/mol. The minimum Gasteiger partial charge on any atom is -0.394 e. The normalized spacial score (nSPS) is 12.6. The molecule has 66 valence electrons. The molecule has 0 aliphatic heterocycles. The van der Waals surface area contributed by atoms with Crippen LogP contribution in [0.5, 0.6) is 0 Å². The highest BCUT2D eigenvalue weighted by Crippen LogP contribution is 1.99. The van der Waals surface area contributed by atoms with Crippen LogP contribution in [0, 0.1) is 5.82 Å². The average molecular weight is 171 g/mol. The maximum absolute atomic E-state index is 12.3. The lowest BCUT2D eigenvalue weighted by molar-refractivity contribution is 0.281. The van der Waals surface area contributed by atoms with Gasteiger partial charge in [-0.2, -0.15) is 0 Å². The molecule has 1 rings (SSSR count). The predicted octanol–water partition coefficient (Wildman–Crippen LogP) is 0.408. The van der Waals surface area contributed by atoms with Crippen LogP contribution in [-0.4, -0.2) is 27.7 Å². The van der Waals surface area contributed by atoms with Crippen molar-refractivity contribution < 1.29 is 9.50 Å². The molecular formula is C7H10FN3O. The van der Waals surface area contributed by atoms with E-state index in [-0.39, 0.29) is 12.6 Å². The number of aliphatic hydroxyl groups excluding tert-OH is 1. The number of nitrogens with one attached hydrogen (secondary N) is 1. The lowest BCUT2D eigenvalue weighted by Crippen LogP contribution is -2.20. The number of aromatic nitrogens is 2. The van der Waals surface area contributed by atoms with Crippen LogP contribution in [0.1, 0.15) is 6.92 Å². The molecule has 2 N–H and O–H groups in total. The average Bonchev–Trinajstić information content (AvgIpc) is 2.09. The van der Waals surface area contributed by atoms with E-state index in [1.165, 1.54) is 0 Å². The largest absolute Gasteiger partial charge is 0.394 e. The highest BCUT2D eigenvalue weighted by molar-refractivity contribution is 5.23. The molecule has 1 heterocycles. The summed E-state index contributed by atoms with van der Waals surface area (Å²) in [6.07, 6.45) is 2.14. The lowest BCUT2D eigenvalue weighted by Gasteiger charge is -2.09. The van der Waals surface area contributed by atoms with Crippen LogP contribution in [0.15, 0.2) is 12.4 Å². The number of aliphatic hydroxyl groups is 1. The summed E-state index contributed by atoms with van der Waals surface area (Å²) >= 11 is 0. The smallest absolute Gasteiger partial charge is 0.223 e. The Morgan fingerprint density at radius 3 is 2.67 bits per heavy atom. The van der Waals surface area contributed by atoms with E-state index in [1.807, 2.05) is 0 Å². The number of halogens is 1. The van der Waals surface area contributed by atoms with E-state index in [0.29, 0.717) is 5.95 Å². The highest BCUT2D eigenvalue weighted by atomic mass is 19.1. The Hall–Kier alpha value is -1.23. The summed E-state index contributed by atoms with van der Waals surface area (Å²) in [5.74, 6) is -0.157. The zero-order valence-corrected chi connectivity index (χ0v) is 6.66. The van der Waals surface area contributed by atoms with Crippen LogP contribution in [-0.2, 0) is 0 Å². The topological polar surface area (TPSA) is 58.0 Å². The summed E-state index contributed by atoms with van der Waals surface area (Å²) in [7, 11) is 0. The molecule has 1 unspecified atom stereocenters. The maximum Gasteiger partial charge on any atom is 0.223 e. The van der Waals surface area contributed by atoms with Gasteiger partial charge < -0.3 is 10.4 Å². The van der Waals surface area contributed by atoms with Crippen molar-refractivity contribution in [2.45, 2.75) is 13.0 Å². The Labute approximate surface area is 69.5 Å². The molecule has 0 radical (unpaired) electrons. The van der Waals surface area contributed by atoms with Crippen molar-refractivity contribution in [2.24, 2.45) is 0 Å². The van der Waals surface area contributed by atoms with E-state index in [2.05, 4.69) is 15.3 Å². The van der Waals surface area contributed by atoms with E-state index < -0.39 is 5.82 Å². The van der Waals surface area contributed by atoms with E-state index in [9.17, 15) is 4.39 Å². The number of rotatable bonds is 3. The van der Waals surface area contributed by atoms with Crippen LogP contribution >= 0.6 is 0 Å². The van der Waals surface area contributed by atoms with Crippen molar-refractivity contribution >= 4 is 5.95 Å². The zero-order valence-electron chi connectivity index (χ0n) is 6.66. The molecule has 12 heavy (non-hydrogen) atoms. The van der Waals surface area contributed by atoms with Crippen molar-refractivity contribution in [3.63, 3.8) is 0 Å². The lowest BCUT2D eigenvalue weighted by atomic mass is 10.4. The Morgan fingerprint density at radius 1 is 1.58 bits per heavy atom. The van der Waals surface area contributed by atoms with Gasteiger partial charge in [0.1, 0.15) is 0 Å². The Balaban J connectivity index is 2.58. The monoisotopic (exact) mass is 171 g/mol. The van der Waals surface area contributed by atoms with Gasteiger partial charge in [0.05, 0.1) is 19.0 Å². The van der Waals surface area contributed by atoms with Gasteiger partial charge in [-0.1, -0.05) is 0 Å². The first-order chi connectivity index (χ1) is 5.72. The molecule has 1 aromatic rings. The van der Waals surface area contributed by atoms with Crippen molar-refractivity contribution in [1.82, 2.24) is 9.97 Å². The SMILES string of the molecule is CC(CO)Nc1ncc(F)cn1. The van der Waals surface area contributed by atoms with Crippen LogP contribution in [0.2, 0.25) is 0 Å². The second kappa shape index (κ2) is 3.96. The molecule has 1 atom stereocenters. The highest BCUT2D eigenvalue weighted by Gasteiger charge is 2.01. The quantitative estimate of drug-likeness (QED) is 0.691. The number of hydrogen-bond donors (Lipinski definition) is 2. The number of hydrogen-bond acceptors (Lipinski definition) is 4. The number of nitrogens with zero attached hydrogens (tertiary/aromatic N) is 2. The van der Waals surface area contributed by atoms with Gasteiger partial charge in [0.25, 0.3) is 0 Å². The summed E-state index contributed by atoms with van der Waals surface area (Å²) < 4.78 is 12.3. The molecule has 0 saturated heterocycles. The molecule has 5 heteroatoms. The third kappa shape index (κ3) is 2.43. The van der Waals surface area contributed by atoms with Gasteiger partial charge >= 0.3 is 0 Å². The molecule has 0 saturated carbocycles. The summed E-state index contributed by atoms with van der Waals surface area (Å²) in [6.45, 7) is 1.76. The molecule has 0 aromatic carbocycles. The van der Waals surface area contributed by atoms with Crippen molar-refractivity contribution in [3.05, 3.63) is 18.2 Å². The van der Waals surface area contributed by atoms with Crippen molar-refractivity contribution in [2.75, 3.05) is 11.9 Å². The van der Waals surface area contributed by atoms with E-state index in [1.54, 1.807) is 6.92 Å². The molecule has 0 fully saturated rings. The maximum atomic E-state index is 12.3. The standard InChI is InChI=1S/C7H10FN3O/c1-5(4-12)11-7-9-2-6(8)3-10-7/h2-3,5,12H,4H2,1H3,(H,9,10,11). The van der Waals surface area contributed by atoms with Gasteiger partial charge in [-0.25, -0.2) is 14.4 Å². The van der Waals surface area contributed by atoms with Crippen LogP contribution < -0.4 is 5.32 Å². The van der Waals surface area contributed by atoms with Gasteiger partial charge in [0.15, 0.2) is 5.82 Å². The van der Waals surface area contributed by atoms with Crippen LogP contribution in [0.25, 0.3) is 0 Å². The minimum absolute atomic E-state index is 0.0132. The fourth-order valence-corrected chi connectivity index (χ4v) is 0.653. The molecule has 4 nitrogen and oxygen atoms in total. The zero-order chi connectivity index (χ0) is 8.97. The molecule has 1 aromatic heterocycles. The van der Waals surface area contributed by atoms with Gasteiger partial charge in [0, 0.05) is 6.04 Å². The molecule has 0 spiro atoms. The second-order valence-corrected chi connectivity index (χ2v) is 2.45. The molecule has 0 aliphatic rings. The summed E-state index contributed by atoms with van der Waals surface area (Å²) in [6, 6.07) is -0.129. The predicted molar refractivity (Wildman–Crippen MR) is 42.2 cm³/mol. The minimum atomic E-state index is -0.475. The second-order valence-electron chi connectivity index (χ2n) is 2.45. The Kier molecular flexibility index (Phi) is 2.93. The number of anilines is 1. The summed E-state index contributed by atoms with van der Waals surface area (Å²) in [4.78, 5) is 7.32. The van der Waals surface area contributed by atoms with Crippen LogP contribution in [0.3, 0.4) is 0 Å². The van der Waals surface area contributed by atoms with Gasteiger partial charge in [-0.3, -0.25) is 0 Å². The fourth-order valence-electron chi connectivity index (χ4n) is 0.653. The molecule has 0 amide bonds.